The van der Waals surface area contributed by atoms with Crippen LogP contribution in [-0.4, -0.2) is 58.0 Å². The summed E-state index contributed by atoms with van der Waals surface area (Å²) >= 11 is 6.08. The highest BCUT2D eigenvalue weighted by atomic mass is 35.5. The molecule has 43 heavy (non-hydrogen) atoms. The molecule has 0 heterocycles. The molecule has 0 saturated heterocycles. The summed E-state index contributed by atoms with van der Waals surface area (Å²) in [5.74, 6) is -0.257. The highest BCUT2D eigenvalue weighted by Crippen LogP contribution is 2.33. The lowest BCUT2D eigenvalue weighted by atomic mass is 10.1. The predicted molar refractivity (Wildman–Crippen MR) is 169 cm³/mol. The Labute approximate surface area is 259 Å². The zero-order valence-corrected chi connectivity index (χ0v) is 27.3. The monoisotopic (exact) mass is 629 g/mol. The maximum Gasteiger partial charge on any atom is 0.264 e. The van der Waals surface area contributed by atoms with Gasteiger partial charge in [-0.05, 0) is 87.2 Å². The van der Waals surface area contributed by atoms with Crippen molar-refractivity contribution in [1.82, 2.24) is 10.2 Å². The Morgan fingerprint density at radius 2 is 1.51 bits per heavy atom. The molecule has 0 aliphatic rings. The molecule has 3 aromatic rings. The quantitative estimate of drug-likeness (QED) is 0.268. The zero-order valence-electron chi connectivity index (χ0n) is 25.7. The van der Waals surface area contributed by atoms with Crippen molar-refractivity contribution < 1.29 is 27.5 Å². The second-order valence-corrected chi connectivity index (χ2v) is 12.9. The van der Waals surface area contributed by atoms with Crippen LogP contribution in [0.2, 0.25) is 5.02 Å². The minimum Gasteiger partial charge on any atom is -0.493 e. The van der Waals surface area contributed by atoms with E-state index in [1.54, 1.807) is 36.4 Å². The first kappa shape index (κ1) is 33.7. The normalized spacial score (nSPS) is 12.0. The third-order valence-corrected chi connectivity index (χ3v) is 8.82. The van der Waals surface area contributed by atoms with Crippen LogP contribution in [0.5, 0.6) is 11.5 Å². The van der Waals surface area contributed by atoms with E-state index in [4.69, 9.17) is 21.1 Å². The lowest BCUT2D eigenvalue weighted by Crippen LogP contribution is -2.53. The van der Waals surface area contributed by atoms with Crippen molar-refractivity contribution in [3.8, 4) is 11.5 Å². The molecule has 0 bridgehead atoms. The molecule has 3 aromatic carbocycles. The number of carbonyl (C=O) groups excluding carboxylic acids is 2. The first-order valence-corrected chi connectivity index (χ1v) is 15.8. The smallest absolute Gasteiger partial charge is 0.264 e. The molecule has 0 aliphatic heterocycles. The van der Waals surface area contributed by atoms with E-state index in [0.717, 1.165) is 21.0 Å². The topological polar surface area (TPSA) is 105 Å². The van der Waals surface area contributed by atoms with Crippen LogP contribution in [0.25, 0.3) is 0 Å². The van der Waals surface area contributed by atoms with Crippen molar-refractivity contribution in [2.75, 3.05) is 25.1 Å². The van der Waals surface area contributed by atoms with Crippen molar-refractivity contribution in [3.05, 3.63) is 82.4 Å². The molecule has 0 fully saturated rings. The Hall–Kier alpha value is -3.76. The number of aryl methyl sites for hydroxylation is 2. The molecule has 0 spiro atoms. The SMILES string of the molecule is CC[C@@H](C(=O)NC(C)C)N(Cc1ccc(Cl)cc1)C(=O)CN(c1cc(C)cc(C)c1)S(=O)(=O)c1ccc(OC)c(OC)c1. The Morgan fingerprint density at radius 3 is 2.05 bits per heavy atom. The van der Waals surface area contributed by atoms with Gasteiger partial charge in [0, 0.05) is 23.7 Å². The molecule has 1 N–H and O–H groups in total. The van der Waals surface area contributed by atoms with Crippen LogP contribution < -0.4 is 19.1 Å². The second kappa shape index (κ2) is 14.6. The van der Waals surface area contributed by atoms with E-state index in [0.29, 0.717) is 22.9 Å². The van der Waals surface area contributed by atoms with Gasteiger partial charge >= 0.3 is 0 Å². The summed E-state index contributed by atoms with van der Waals surface area (Å²) in [7, 11) is -1.41. The lowest BCUT2D eigenvalue weighted by Gasteiger charge is -2.33. The van der Waals surface area contributed by atoms with Crippen LogP contribution in [0.3, 0.4) is 0 Å². The maximum absolute atomic E-state index is 14.3. The van der Waals surface area contributed by atoms with E-state index in [2.05, 4.69) is 5.32 Å². The summed E-state index contributed by atoms with van der Waals surface area (Å²) < 4.78 is 40.2. The van der Waals surface area contributed by atoms with Gasteiger partial charge in [0.2, 0.25) is 11.8 Å². The first-order chi connectivity index (χ1) is 20.3. The number of halogens is 1. The molecule has 0 aromatic heterocycles. The van der Waals surface area contributed by atoms with Crippen LogP contribution in [0.15, 0.2) is 65.6 Å². The number of methoxy groups -OCH3 is 2. The second-order valence-electron chi connectivity index (χ2n) is 10.6. The fourth-order valence-electron chi connectivity index (χ4n) is 4.81. The van der Waals surface area contributed by atoms with E-state index >= 15 is 0 Å². The number of carbonyl (C=O) groups is 2. The Bertz CT molecular complexity index is 1520. The first-order valence-electron chi connectivity index (χ1n) is 14.0. The van der Waals surface area contributed by atoms with Gasteiger partial charge in [0.1, 0.15) is 12.6 Å². The summed E-state index contributed by atoms with van der Waals surface area (Å²) in [6.45, 7) is 8.75. The summed E-state index contributed by atoms with van der Waals surface area (Å²) in [5, 5.41) is 3.43. The Morgan fingerprint density at radius 1 is 0.907 bits per heavy atom. The Balaban J connectivity index is 2.13. The molecule has 0 aliphatic carbocycles. The number of sulfonamides is 1. The van der Waals surface area contributed by atoms with Crippen LogP contribution in [0.4, 0.5) is 5.69 Å². The maximum atomic E-state index is 14.3. The zero-order chi connectivity index (χ0) is 31.9. The number of ether oxygens (including phenoxy) is 2. The van der Waals surface area contributed by atoms with Gasteiger partial charge in [-0.15, -0.1) is 0 Å². The molecule has 3 rings (SSSR count). The van der Waals surface area contributed by atoms with Crippen molar-refractivity contribution in [3.63, 3.8) is 0 Å². The van der Waals surface area contributed by atoms with Gasteiger partial charge in [-0.2, -0.15) is 0 Å². The van der Waals surface area contributed by atoms with Crippen LogP contribution in [0, 0.1) is 13.8 Å². The average Bonchev–Trinajstić information content (AvgIpc) is 2.95. The van der Waals surface area contributed by atoms with Gasteiger partial charge in [-0.3, -0.25) is 13.9 Å². The summed E-state index contributed by atoms with van der Waals surface area (Å²) in [6.07, 6.45) is 0.323. The molecule has 11 heteroatoms. The molecule has 2 amide bonds. The predicted octanol–water partition coefficient (Wildman–Crippen LogP) is 5.50. The van der Waals surface area contributed by atoms with Crippen molar-refractivity contribution in [2.24, 2.45) is 0 Å². The van der Waals surface area contributed by atoms with Crippen molar-refractivity contribution in [1.29, 1.82) is 0 Å². The van der Waals surface area contributed by atoms with Crippen molar-refractivity contribution >= 4 is 39.1 Å². The van der Waals surface area contributed by atoms with Crippen LogP contribution >= 0.6 is 11.6 Å². The Kier molecular flexibility index (Phi) is 11.5. The van der Waals surface area contributed by atoms with Gasteiger partial charge in [-0.25, -0.2) is 8.42 Å². The molecular formula is C32H40ClN3O6S. The standard InChI is InChI=1S/C32H40ClN3O6S/c1-8-28(32(38)34-21(2)3)35(19-24-9-11-25(33)12-10-24)31(37)20-36(26-16-22(4)15-23(5)17-26)43(39,40)27-13-14-29(41-6)30(18-27)42-7/h9-18,21,28H,8,19-20H2,1-7H3,(H,34,38)/t28-/m0/s1. The third-order valence-electron chi connectivity index (χ3n) is 6.80. The van der Waals surface area contributed by atoms with E-state index in [9.17, 15) is 18.0 Å². The van der Waals surface area contributed by atoms with Gasteiger partial charge in [-0.1, -0.05) is 36.7 Å². The molecular weight excluding hydrogens is 590 g/mol. The third kappa shape index (κ3) is 8.42. The fourth-order valence-corrected chi connectivity index (χ4v) is 6.35. The molecule has 232 valence electrons. The molecule has 0 radical (unpaired) electrons. The van der Waals surface area contributed by atoms with E-state index in [-0.39, 0.29) is 29.1 Å². The van der Waals surface area contributed by atoms with E-state index in [1.807, 2.05) is 40.7 Å². The van der Waals surface area contributed by atoms with Gasteiger partial charge in [0.05, 0.1) is 24.8 Å². The van der Waals surface area contributed by atoms with Crippen LogP contribution in [-0.2, 0) is 26.2 Å². The summed E-state index contributed by atoms with van der Waals surface area (Å²) in [5.41, 5.74) is 2.73. The number of rotatable bonds is 13. The highest BCUT2D eigenvalue weighted by Gasteiger charge is 2.34. The lowest BCUT2D eigenvalue weighted by molar-refractivity contribution is -0.140. The number of anilines is 1. The van der Waals surface area contributed by atoms with E-state index < -0.39 is 28.5 Å². The fraction of sp³-hybridized carbons (Fsp3) is 0.375. The minimum atomic E-state index is -4.29. The summed E-state index contributed by atoms with van der Waals surface area (Å²) in [6, 6.07) is 15.6. The largest absolute Gasteiger partial charge is 0.493 e. The van der Waals surface area contributed by atoms with Gasteiger partial charge < -0.3 is 19.7 Å². The van der Waals surface area contributed by atoms with Gasteiger partial charge in [0.15, 0.2) is 11.5 Å². The molecule has 9 nitrogen and oxygen atoms in total. The minimum absolute atomic E-state index is 0.0778. The number of hydrogen-bond donors (Lipinski definition) is 1. The highest BCUT2D eigenvalue weighted by molar-refractivity contribution is 7.92. The molecule has 0 saturated carbocycles. The number of nitrogens with one attached hydrogen (secondary N) is 1. The number of benzene rings is 3. The number of amides is 2. The van der Waals surface area contributed by atoms with Crippen molar-refractivity contribution in [2.45, 2.75) is 64.6 Å². The average molecular weight is 630 g/mol. The van der Waals surface area contributed by atoms with Crippen LogP contribution in [0.1, 0.15) is 43.9 Å². The van der Waals surface area contributed by atoms with Gasteiger partial charge in [0.25, 0.3) is 10.0 Å². The molecule has 1 atom stereocenters. The summed E-state index contributed by atoms with van der Waals surface area (Å²) in [4.78, 5) is 28.9. The number of nitrogens with zero attached hydrogens (tertiary/aromatic N) is 2. The van der Waals surface area contributed by atoms with E-state index in [1.165, 1.54) is 37.3 Å². The number of hydrogen-bond acceptors (Lipinski definition) is 6. The molecule has 0 unspecified atom stereocenters.